The van der Waals surface area contributed by atoms with Crippen LogP contribution in [-0.2, 0) is 44.5 Å². The third-order valence-corrected chi connectivity index (χ3v) is 1.06. The summed E-state index contributed by atoms with van der Waals surface area (Å²) in [5.41, 5.74) is 0.211. The van der Waals surface area contributed by atoms with Gasteiger partial charge < -0.3 is 17.4 Å². The van der Waals surface area contributed by atoms with E-state index in [1.165, 1.54) is 5.41 Å². The van der Waals surface area contributed by atoms with Crippen molar-refractivity contribution in [1.82, 2.24) is 0 Å². The summed E-state index contributed by atoms with van der Waals surface area (Å²) in [6.07, 6.45) is 0. The van der Waals surface area contributed by atoms with Gasteiger partial charge in [-0.3, -0.25) is 0 Å². The quantitative estimate of drug-likeness (QED) is 0.277. The first-order valence-electron chi connectivity index (χ1n) is 2.33. The van der Waals surface area contributed by atoms with E-state index in [-0.39, 0.29) is 28.1 Å². The zero-order valence-corrected chi connectivity index (χ0v) is 8.03. The van der Waals surface area contributed by atoms with Gasteiger partial charge in [0.2, 0.25) is 0 Å². The van der Waals surface area contributed by atoms with Gasteiger partial charge in [-0.2, -0.15) is 5.41 Å². The van der Waals surface area contributed by atoms with Crippen LogP contribution < -0.4 is 0 Å². The third kappa shape index (κ3) is 1.92. The number of hydrogen-bond acceptors (Lipinski definition) is 4. The van der Waals surface area contributed by atoms with Gasteiger partial charge in [0.25, 0.3) is 0 Å². The maximum absolute atomic E-state index is 10.5. The summed E-state index contributed by atoms with van der Waals surface area (Å²) in [5, 5.41) is 1.21. The summed E-state index contributed by atoms with van der Waals surface area (Å²) in [5.74, 6) is -0.0985. The molecule has 0 aromatic carbocycles. The second-order valence-corrected chi connectivity index (χ2v) is 1.76. The minimum Gasteiger partial charge on any atom is -0.785 e. The molecule has 0 aromatic heterocycles. The number of esters is 1. The second kappa shape index (κ2) is 3.88. The van der Waals surface area contributed by atoms with Gasteiger partial charge in [-0.05, 0) is 0 Å². The number of carbonyl (C=O) groups excluding carboxylic acids is 1. The number of nitrogens with zero attached hydrogens (tertiary/aromatic N) is 1. The standard InChI is InChI=1S/C5H5NO2S.Au/c1-3-6-4(2-9)5(7)8-3;/h2,9H,1H3;/q;+1/p-1/b4-2+;. The predicted molar refractivity (Wildman–Crippen MR) is 34.6 cm³/mol. The molecule has 0 fully saturated rings. The van der Waals surface area contributed by atoms with Crippen LogP contribution in [0.1, 0.15) is 6.92 Å². The van der Waals surface area contributed by atoms with Crippen LogP contribution in [0.25, 0.3) is 0 Å². The van der Waals surface area contributed by atoms with Gasteiger partial charge in [-0.1, -0.05) is 0 Å². The van der Waals surface area contributed by atoms with Gasteiger partial charge in [-0.15, -0.1) is 0 Å². The number of cyclic esters (lactones) is 1. The van der Waals surface area contributed by atoms with Gasteiger partial charge in [0.1, 0.15) is 5.70 Å². The second-order valence-electron chi connectivity index (χ2n) is 1.52. The average molecular weight is 339 g/mol. The third-order valence-electron chi connectivity index (χ3n) is 0.839. The van der Waals surface area contributed by atoms with Crippen molar-refractivity contribution in [3.63, 3.8) is 0 Å². The fraction of sp³-hybridized carbons (Fsp3) is 0.200. The predicted octanol–water partition coefficient (Wildman–Crippen LogP) is 0.347. The molecule has 0 unspecified atom stereocenters. The van der Waals surface area contributed by atoms with Gasteiger partial charge in [0.05, 0.1) is 0 Å². The summed E-state index contributed by atoms with van der Waals surface area (Å²) in [4.78, 5) is 14.2. The first kappa shape index (κ1) is 9.84. The van der Waals surface area contributed by atoms with Crippen LogP contribution in [0.4, 0.5) is 0 Å². The Balaban J connectivity index is 0.000000810. The molecule has 58 valence electrons. The Bertz CT molecular complexity index is 212. The van der Waals surface area contributed by atoms with E-state index in [2.05, 4.69) is 22.4 Å². The molecule has 3 nitrogen and oxygen atoms in total. The van der Waals surface area contributed by atoms with Crippen LogP contribution in [-0.4, -0.2) is 11.9 Å². The monoisotopic (exact) mass is 339 g/mol. The van der Waals surface area contributed by atoms with E-state index in [4.69, 9.17) is 0 Å². The molecule has 0 aromatic rings. The molecule has 0 saturated heterocycles. The zero-order valence-electron chi connectivity index (χ0n) is 5.05. The van der Waals surface area contributed by atoms with Crippen LogP contribution >= 0.6 is 0 Å². The molecule has 0 amide bonds. The van der Waals surface area contributed by atoms with Gasteiger partial charge in [0.15, 0.2) is 5.90 Å². The Hall–Kier alpha value is -0.160. The Labute approximate surface area is 79.5 Å². The summed E-state index contributed by atoms with van der Waals surface area (Å²) in [6, 6.07) is 0. The molecule has 0 N–H and O–H groups in total. The first-order chi connectivity index (χ1) is 4.24. The SMILES string of the molecule is CC1=N/C(=C/[S-])C(=O)O1.[Au+]. The minimum absolute atomic E-state index is 0. The van der Waals surface area contributed by atoms with E-state index in [1.54, 1.807) is 6.92 Å². The molecule has 1 aliphatic rings. The summed E-state index contributed by atoms with van der Waals surface area (Å²) in [7, 11) is 0. The van der Waals surface area contributed by atoms with E-state index in [9.17, 15) is 4.79 Å². The minimum atomic E-state index is -0.456. The Morgan fingerprint density at radius 2 is 2.30 bits per heavy atom. The maximum Gasteiger partial charge on any atom is 1.00 e. The number of carbonyl (C=O) groups is 1. The summed E-state index contributed by atoms with van der Waals surface area (Å²) < 4.78 is 4.54. The molecule has 1 heterocycles. The van der Waals surface area contributed by atoms with Crippen molar-refractivity contribution in [3.05, 3.63) is 11.1 Å². The zero-order chi connectivity index (χ0) is 6.85. The fourth-order valence-electron chi connectivity index (χ4n) is 0.499. The summed E-state index contributed by atoms with van der Waals surface area (Å²) >= 11 is 4.47. The number of ether oxygens (including phenoxy) is 1. The fourth-order valence-corrected chi connectivity index (χ4v) is 0.648. The van der Waals surface area contributed by atoms with Crippen molar-refractivity contribution < 1.29 is 31.9 Å². The number of hydrogen-bond donors (Lipinski definition) is 0. The van der Waals surface area contributed by atoms with Crippen molar-refractivity contribution in [2.24, 2.45) is 4.99 Å². The molecule has 0 atom stereocenters. The Morgan fingerprint density at radius 1 is 1.70 bits per heavy atom. The number of aliphatic imine (C=N–C) groups is 1. The van der Waals surface area contributed by atoms with E-state index >= 15 is 0 Å². The normalized spacial score (nSPS) is 19.9. The largest absolute Gasteiger partial charge is 1.00 e. The molecule has 5 heteroatoms. The van der Waals surface area contributed by atoms with Crippen LogP contribution in [0.3, 0.4) is 0 Å². The van der Waals surface area contributed by atoms with Gasteiger partial charge >= 0.3 is 28.3 Å². The van der Waals surface area contributed by atoms with E-state index in [1.807, 2.05) is 0 Å². The first-order valence-corrected chi connectivity index (χ1v) is 2.81. The molecule has 1 aliphatic heterocycles. The van der Waals surface area contributed by atoms with Gasteiger partial charge in [0, 0.05) is 6.92 Å². The van der Waals surface area contributed by atoms with Crippen molar-refractivity contribution in [2.75, 3.05) is 0 Å². The summed E-state index contributed by atoms with van der Waals surface area (Å²) in [6.45, 7) is 1.60. The Kier molecular flexibility index (Phi) is 3.81. The van der Waals surface area contributed by atoms with Crippen molar-refractivity contribution in [3.8, 4) is 0 Å². The van der Waals surface area contributed by atoms with Crippen LogP contribution in [0.15, 0.2) is 16.1 Å². The number of rotatable bonds is 0. The average Bonchev–Trinajstić information content (AvgIpc) is 2.10. The molecule has 0 bridgehead atoms. The molecular formula is C5H4AuNO2S. The molecule has 0 radical (unpaired) electrons. The molecule has 0 aliphatic carbocycles. The smallest absolute Gasteiger partial charge is 0.785 e. The van der Waals surface area contributed by atoms with Crippen molar-refractivity contribution >= 4 is 24.5 Å². The maximum atomic E-state index is 10.5. The van der Waals surface area contributed by atoms with E-state index in [0.29, 0.717) is 5.90 Å². The molecule has 0 saturated carbocycles. The van der Waals surface area contributed by atoms with Crippen LogP contribution in [0, 0.1) is 0 Å². The van der Waals surface area contributed by atoms with Crippen LogP contribution in [0.2, 0.25) is 0 Å². The van der Waals surface area contributed by atoms with Gasteiger partial charge in [-0.25, -0.2) is 9.79 Å². The molecular weight excluding hydrogens is 335 g/mol. The van der Waals surface area contributed by atoms with Crippen molar-refractivity contribution in [2.45, 2.75) is 6.92 Å². The van der Waals surface area contributed by atoms with Crippen LogP contribution in [0.5, 0.6) is 0 Å². The van der Waals surface area contributed by atoms with E-state index in [0.717, 1.165) is 0 Å². The van der Waals surface area contributed by atoms with E-state index < -0.39 is 5.97 Å². The van der Waals surface area contributed by atoms with Crippen molar-refractivity contribution in [1.29, 1.82) is 0 Å². The molecule has 10 heavy (non-hydrogen) atoms. The molecule has 0 spiro atoms. The molecule has 1 rings (SSSR count). The topological polar surface area (TPSA) is 38.7 Å². The Morgan fingerprint density at radius 3 is 2.50 bits per heavy atom.